The van der Waals surface area contributed by atoms with Crippen molar-refractivity contribution in [3.8, 4) is 5.75 Å². The van der Waals surface area contributed by atoms with Crippen LogP contribution in [0.1, 0.15) is 46.8 Å². The van der Waals surface area contributed by atoms with E-state index < -0.39 is 0 Å². The van der Waals surface area contributed by atoms with Crippen LogP contribution in [0.4, 0.5) is 0 Å². The van der Waals surface area contributed by atoms with Gasteiger partial charge in [0.2, 0.25) is 0 Å². The molecule has 25 heavy (non-hydrogen) atoms. The number of rotatable bonds is 4. The number of aliphatic hydroxyl groups excluding tert-OH is 1. The fourth-order valence-corrected chi connectivity index (χ4v) is 3.70. The average molecular weight is 341 g/mol. The number of carbonyl (C=O) groups excluding carboxylic acids is 1. The number of aryl methyl sites for hydroxylation is 2. The Morgan fingerprint density at radius 2 is 2.28 bits per heavy atom. The fourth-order valence-electron chi connectivity index (χ4n) is 3.70. The molecule has 0 bridgehead atoms. The van der Waals surface area contributed by atoms with Crippen LogP contribution in [0.15, 0.2) is 30.6 Å². The smallest absolute Gasteiger partial charge is 0.251 e. The third-order valence-electron chi connectivity index (χ3n) is 5.16. The van der Waals surface area contributed by atoms with E-state index in [4.69, 9.17) is 4.74 Å². The third kappa shape index (κ3) is 3.26. The van der Waals surface area contributed by atoms with Crippen molar-refractivity contribution in [1.29, 1.82) is 0 Å². The lowest BCUT2D eigenvalue weighted by atomic mass is 9.75. The molecule has 1 aliphatic carbocycles. The standard InChI is InChI=1S/C19H23N3O3/c1-22-11-15(10-20-22)18(14-8-16(23)9-14)21-19(24)13-4-5-17-12(7-13)3-2-6-25-17/h4-5,7,10-11,14,16,18,23H,2-3,6,8-9H2,1H3,(H,21,24)/t14?,16?,18-/m1/s1. The maximum atomic E-state index is 12.8. The lowest BCUT2D eigenvalue weighted by Crippen LogP contribution is -2.41. The third-order valence-corrected chi connectivity index (χ3v) is 5.16. The van der Waals surface area contributed by atoms with Crippen molar-refractivity contribution in [3.63, 3.8) is 0 Å². The molecule has 1 aromatic carbocycles. The molecule has 2 aliphatic rings. The summed E-state index contributed by atoms with van der Waals surface area (Å²) in [6.07, 6.45) is 6.79. The van der Waals surface area contributed by atoms with Crippen LogP contribution in [0.3, 0.4) is 0 Å². The number of benzene rings is 1. The van der Waals surface area contributed by atoms with Gasteiger partial charge in [0.05, 0.1) is 24.9 Å². The molecule has 2 N–H and O–H groups in total. The number of hydrogen-bond acceptors (Lipinski definition) is 4. The molecule has 1 saturated carbocycles. The largest absolute Gasteiger partial charge is 0.493 e. The van der Waals surface area contributed by atoms with Crippen molar-refractivity contribution in [2.24, 2.45) is 13.0 Å². The van der Waals surface area contributed by atoms with E-state index in [1.807, 2.05) is 31.4 Å². The molecule has 1 amide bonds. The summed E-state index contributed by atoms with van der Waals surface area (Å²) in [6.45, 7) is 0.742. The normalized spacial score (nSPS) is 23.1. The van der Waals surface area contributed by atoms with Gasteiger partial charge in [0.25, 0.3) is 5.91 Å². The van der Waals surface area contributed by atoms with E-state index in [0.717, 1.165) is 36.3 Å². The molecular weight excluding hydrogens is 318 g/mol. The van der Waals surface area contributed by atoms with Crippen LogP contribution in [0.5, 0.6) is 5.75 Å². The molecule has 1 fully saturated rings. The number of aliphatic hydroxyl groups is 1. The van der Waals surface area contributed by atoms with Crippen molar-refractivity contribution in [3.05, 3.63) is 47.3 Å². The number of nitrogens with one attached hydrogen (secondary N) is 1. The fraction of sp³-hybridized carbons (Fsp3) is 0.474. The molecule has 6 nitrogen and oxygen atoms in total. The van der Waals surface area contributed by atoms with Crippen LogP contribution < -0.4 is 10.1 Å². The predicted octanol–water partition coefficient (Wildman–Crippen LogP) is 1.99. The maximum absolute atomic E-state index is 12.8. The van der Waals surface area contributed by atoms with Gasteiger partial charge in [0, 0.05) is 24.4 Å². The monoisotopic (exact) mass is 341 g/mol. The van der Waals surface area contributed by atoms with E-state index in [1.54, 1.807) is 10.9 Å². The molecule has 6 heteroatoms. The minimum Gasteiger partial charge on any atom is -0.493 e. The van der Waals surface area contributed by atoms with Crippen LogP contribution in [0, 0.1) is 5.92 Å². The number of aromatic nitrogens is 2. The Morgan fingerprint density at radius 3 is 3.00 bits per heavy atom. The molecule has 0 saturated heterocycles. The molecule has 1 aromatic heterocycles. The quantitative estimate of drug-likeness (QED) is 0.892. The molecule has 1 aliphatic heterocycles. The first-order chi connectivity index (χ1) is 12.1. The first kappa shape index (κ1) is 16.1. The summed E-state index contributed by atoms with van der Waals surface area (Å²) in [5, 5.41) is 17.0. The van der Waals surface area contributed by atoms with Crippen LogP contribution in [-0.4, -0.2) is 33.5 Å². The van der Waals surface area contributed by atoms with Crippen molar-refractivity contribution in [2.75, 3.05) is 6.61 Å². The molecule has 132 valence electrons. The highest BCUT2D eigenvalue weighted by atomic mass is 16.5. The van der Waals surface area contributed by atoms with E-state index in [1.165, 1.54) is 0 Å². The predicted molar refractivity (Wildman–Crippen MR) is 92.4 cm³/mol. The summed E-state index contributed by atoms with van der Waals surface area (Å²) in [5.74, 6) is 1.03. The Bertz CT molecular complexity index is 780. The van der Waals surface area contributed by atoms with Gasteiger partial charge < -0.3 is 15.2 Å². The average Bonchev–Trinajstić information content (AvgIpc) is 3.03. The maximum Gasteiger partial charge on any atom is 0.251 e. The van der Waals surface area contributed by atoms with Gasteiger partial charge in [-0.1, -0.05) is 0 Å². The topological polar surface area (TPSA) is 76.4 Å². The zero-order chi connectivity index (χ0) is 17.4. The van der Waals surface area contributed by atoms with Gasteiger partial charge in [-0.25, -0.2) is 0 Å². The van der Waals surface area contributed by atoms with Crippen molar-refractivity contribution < 1.29 is 14.6 Å². The summed E-state index contributed by atoms with van der Waals surface area (Å²) < 4.78 is 7.35. The lowest BCUT2D eigenvalue weighted by molar-refractivity contribution is 0.0235. The van der Waals surface area contributed by atoms with Gasteiger partial charge in [-0.05, 0) is 55.4 Å². The summed E-state index contributed by atoms with van der Waals surface area (Å²) in [7, 11) is 1.86. The SMILES string of the molecule is Cn1cc([C@H](NC(=O)c2ccc3c(c2)CCCO3)C2CC(O)C2)cn1. The molecule has 2 heterocycles. The molecular formula is C19H23N3O3. The van der Waals surface area contributed by atoms with E-state index in [2.05, 4.69) is 10.4 Å². The van der Waals surface area contributed by atoms with E-state index in [9.17, 15) is 9.90 Å². The molecule has 2 aromatic rings. The Hall–Kier alpha value is -2.34. The second-order valence-electron chi connectivity index (χ2n) is 7.06. The number of fused-ring (bicyclic) bond motifs is 1. The number of carbonyl (C=O) groups is 1. The first-order valence-corrected chi connectivity index (χ1v) is 8.83. The van der Waals surface area contributed by atoms with Gasteiger partial charge in [0.15, 0.2) is 0 Å². The van der Waals surface area contributed by atoms with Gasteiger partial charge in [0.1, 0.15) is 5.75 Å². The van der Waals surface area contributed by atoms with Crippen molar-refractivity contribution >= 4 is 5.91 Å². The minimum absolute atomic E-state index is 0.0939. The van der Waals surface area contributed by atoms with E-state index in [0.29, 0.717) is 18.4 Å². The summed E-state index contributed by atoms with van der Waals surface area (Å²) in [5.41, 5.74) is 2.72. The van der Waals surface area contributed by atoms with Crippen LogP contribution >= 0.6 is 0 Å². The van der Waals surface area contributed by atoms with Crippen molar-refractivity contribution in [2.45, 2.75) is 37.8 Å². The highest BCUT2D eigenvalue weighted by molar-refractivity contribution is 5.95. The van der Waals surface area contributed by atoms with Crippen LogP contribution in [0.2, 0.25) is 0 Å². The van der Waals surface area contributed by atoms with Crippen molar-refractivity contribution in [1.82, 2.24) is 15.1 Å². The number of amides is 1. The minimum atomic E-state index is -0.262. The highest BCUT2D eigenvalue weighted by Gasteiger charge is 2.36. The molecule has 4 rings (SSSR count). The van der Waals surface area contributed by atoms with E-state index >= 15 is 0 Å². The Balaban J connectivity index is 1.54. The van der Waals surface area contributed by atoms with Gasteiger partial charge in [-0.3, -0.25) is 9.48 Å². The Morgan fingerprint density at radius 1 is 1.44 bits per heavy atom. The number of hydrogen-bond donors (Lipinski definition) is 2. The van der Waals surface area contributed by atoms with Gasteiger partial charge >= 0.3 is 0 Å². The number of nitrogens with zero attached hydrogens (tertiary/aromatic N) is 2. The van der Waals surface area contributed by atoms with Gasteiger partial charge in [-0.15, -0.1) is 0 Å². The second-order valence-corrected chi connectivity index (χ2v) is 7.06. The summed E-state index contributed by atoms with van der Waals surface area (Å²) in [6, 6.07) is 5.50. The molecule has 0 spiro atoms. The highest BCUT2D eigenvalue weighted by Crippen LogP contribution is 2.38. The molecule has 0 unspecified atom stereocenters. The van der Waals surface area contributed by atoms with Crippen LogP contribution in [0.25, 0.3) is 0 Å². The first-order valence-electron chi connectivity index (χ1n) is 8.83. The number of ether oxygens (including phenoxy) is 1. The van der Waals surface area contributed by atoms with E-state index in [-0.39, 0.29) is 24.0 Å². The Labute approximate surface area is 146 Å². The zero-order valence-corrected chi connectivity index (χ0v) is 14.3. The summed E-state index contributed by atoms with van der Waals surface area (Å²) in [4.78, 5) is 12.8. The second kappa shape index (κ2) is 6.52. The molecule has 0 radical (unpaired) electrons. The molecule has 1 atom stereocenters. The lowest BCUT2D eigenvalue weighted by Gasteiger charge is -2.37. The van der Waals surface area contributed by atoms with Gasteiger partial charge in [-0.2, -0.15) is 5.10 Å². The summed E-state index contributed by atoms with van der Waals surface area (Å²) >= 11 is 0. The Kier molecular flexibility index (Phi) is 4.21. The van der Waals surface area contributed by atoms with Crippen LogP contribution in [-0.2, 0) is 13.5 Å². The zero-order valence-electron chi connectivity index (χ0n) is 14.3.